The molecule has 0 bridgehead atoms. The van der Waals surface area contributed by atoms with Crippen molar-refractivity contribution in [2.45, 2.75) is 18.9 Å². The number of hydrogen-bond donors (Lipinski definition) is 0. The summed E-state index contributed by atoms with van der Waals surface area (Å²) in [4.78, 5) is 6.72. The lowest BCUT2D eigenvalue weighted by atomic mass is 10.1. The van der Waals surface area contributed by atoms with Gasteiger partial charge in [-0.2, -0.15) is 5.26 Å². The quantitative estimate of drug-likeness (QED) is 0.858. The number of rotatable bonds is 3. The van der Waals surface area contributed by atoms with Crippen LogP contribution in [0.4, 0.5) is 5.82 Å². The molecule has 1 atom stereocenters. The Bertz CT molecular complexity index is 656. The molecule has 4 heteroatoms. The number of para-hydroxylation sites is 1. The van der Waals surface area contributed by atoms with Gasteiger partial charge >= 0.3 is 0 Å². The second-order valence-corrected chi connectivity index (χ2v) is 5.17. The molecule has 4 nitrogen and oxygen atoms in total. The predicted octanol–water partition coefficient (Wildman–Crippen LogP) is 2.72. The number of benzene rings is 1. The van der Waals surface area contributed by atoms with Crippen LogP contribution in [0.25, 0.3) is 10.9 Å². The number of anilines is 1. The monoisotopic (exact) mass is 267 g/mol. The third-order valence-corrected chi connectivity index (χ3v) is 3.72. The van der Waals surface area contributed by atoms with Crippen molar-refractivity contribution in [2.75, 3.05) is 25.1 Å². The van der Waals surface area contributed by atoms with E-state index >= 15 is 0 Å². The van der Waals surface area contributed by atoms with Gasteiger partial charge in [-0.05, 0) is 25.0 Å². The fraction of sp³-hybridized carbons (Fsp3) is 0.375. The van der Waals surface area contributed by atoms with E-state index in [9.17, 15) is 5.26 Å². The number of nitrogens with zero attached hydrogens (tertiary/aromatic N) is 3. The summed E-state index contributed by atoms with van der Waals surface area (Å²) in [6.45, 7) is 1.67. The van der Waals surface area contributed by atoms with E-state index in [1.54, 1.807) is 0 Å². The van der Waals surface area contributed by atoms with E-state index in [1.165, 1.54) is 0 Å². The maximum atomic E-state index is 9.31. The van der Waals surface area contributed by atoms with Crippen LogP contribution in [-0.2, 0) is 4.74 Å². The van der Waals surface area contributed by atoms with Crippen LogP contribution in [0.3, 0.4) is 0 Å². The molecule has 0 radical (unpaired) electrons. The van der Waals surface area contributed by atoms with Gasteiger partial charge in [-0.25, -0.2) is 4.98 Å². The average molecular weight is 267 g/mol. The highest BCUT2D eigenvalue weighted by Crippen LogP contribution is 2.23. The number of fused-ring (bicyclic) bond motifs is 1. The lowest BCUT2D eigenvalue weighted by Crippen LogP contribution is -2.29. The molecule has 2 aromatic rings. The minimum atomic E-state index is 0.277. The Hall–Kier alpha value is -2.12. The summed E-state index contributed by atoms with van der Waals surface area (Å²) in [5.74, 6) is 0.829. The van der Waals surface area contributed by atoms with Crippen LogP contribution in [0.5, 0.6) is 0 Å². The number of ether oxygens (including phenoxy) is 1. The van der Waals surface area contributed by atoms with E-state index in [-0.39, 0.29) is 6.10 Å². The van der Waals surface area contributed by atoms with Gasteiger partial charge in [0.2, 0.25) is 0 Å². The largest absolute Gasteiger partial charge is 0.376 e. The summed E-state index contributed by atoms with van der Waals surface area (Å²) in [5.41, 5.74) is 1.53. The van der Waals surface area contributed by atoms with E-state index in [0.717, 1.165) is 42.7 Å². The van der Waals surface area contributed by atoms with Crippen molar-refractivity contribution in [3.05, 3.63) is 35.9 Å². The van der Waals surface area contributed by atoms with Crippen molar-refractivity contribution >= 4 is 16.7 Å². The number of nitriles is 1. The molecular formula is C16H17N3O. The van der Waals surface area contributed by atoms with Gasteiger partial charge in [0.25, 0.3) is 0 Å². The Balaban J connectivity index is 1.92. The number of hydrogen-bond acceptors (Lipinski definition) is 4. The van der Waals surface area contributed by atoms with Crippen molar-refractivity contribution in [1.29, 1.82) is 5.26 Å². The van der Waals surface area contributed by atoms with E-state index in [1.807, 2.05) is 37.4 Å². The molecule has 1 fully saturated rings. The van der Waals surface area contributed by atoms with Crippen LogP contribution < -0.4 is 4.90 Å². The minimum Gasteiger partial charge on any atom is -0.376 e. The van der Waals surface area contributed by atoms with E-state index in [2.05, 4.69) is 16.0 Å². The third kappa shape index (κ3) is 2.45. The normalized spacial score (nSPS) is 18.1. The average Bonchev–Trinajstić information content (AvgIpc) is 2.99. The summed E-state index contributed by atoms with van der Waals surface area (Å²) in [6.07, 6.45) is 2.51. The summed E-state index contributed by atoms with van der Waals surface area (Å²) in [6, 6.07) is 11.9. The molecule has 102 valence electrons. The van der Waals surface area contributed by atoms with E-state index in [0.29, 0.717) is 5.56 Å². The highest BCUT2D eigenvalue weighted by Gasteiger charge is 2.18. The van der Waals surface area contributed by atoms with Gasteiger partial charge < -0.3 is 9.64 Å². The van der Waals surface area contributed by atoms with Gasteiger partial charge in [0, 0.05) is 25.6 Å². The first kappa shape index (κ1) is 12.9. The molecule has 0 amide bonds. The molecule has 2 heterocycles. The lowest BCUT2D eigenvalue weighted by molar-refractivity contribution is 0.116. The highest BCUT2D eigenvalue weighted by atomic mass is 16.5. The zero-order valence-electron chi connectivity index (χ0n) is 11.5. The van der Waals surface area contributed by atoms with Crippen LogP contribution in [0.15, 0.2) is 30.3 Å². The van der Waals surface area contributed by atoms with Crippen molar-refractivity contribution in [3.8, 4) is 6.07 Å². The molecule has 1 aromatic carbocycles. The SMILES string of the molecule is CN(CC1CCCO1)c1cc(C#N)c2ccccc2n1. The van der Waals surface area contributed by atoms with Gasteiger partial charge in [-0.15, -0.1) is 0 Å². The molecule has 0 aliphatic carbocycles. The topological polar surface area (TPSA) is 49.1 Å². The summed E-state index contributed by atoms with van der Waals surface area (Å²) in [5, 5.41) is 10.2. The number of pyridine rings is 1. The zero-order valence-corrected chi connectivity index (χ0v) is 11.5. The maximum Gasteiger partial charge on any atom is 0.130 e. The molecule has 0 N–H and O–H groups in total. The fourth-order valence-electron chi connectivity index (χ4n) is 2.64. The summed E-state index contributed by atoms with van der Waals surface area (Å²) >= 11 is 0. The van der Waals surface area contributed by atoms with Crippen LogP contribution in [0.2, 0.25) is 0 Å². The number of likely N-dealkylation sites (N-methyl/N-ethyl adjacent to an activating group) is 1. The first-order valence-electron chi connectivity index (χ1n) is 6.90. The molecule has 1 aromatic heterocycles. The molecular weight excluding hydrogens is 250 g/mol. The minimum absolute atomic E-state index is 0.277. The molecule has 1 saturated heterocycles. The Morgan fingerprint density at radius 2 is 2.30 bits per heavy atom. The lowest BCUT2D eigenvalue weighted by Gasteiger charge is -2.22. The molecule has 20 heavy (non-hydrogen) atoms. The highest BCUT2D eigenvalue weighted by molar-refractivity contribution is 5.86. The smallest absolute Gasteiger partial charge is 0.130 e. The molecule has 3 rings (SSSR count). The van der Waals surface area contributed by atoms with Gasteiger partial charge in [-0.3, -0.25) is 0 Å². The van der Waals surface area contributed by atoms with Crippen molar-refractivity contribution in [2.24, 2.45) is 0 Å². The van der Waals surface area contributed by atoms with Crippen molar-refractivity contribution in [3.63, 3.8) is 0 Å². The second-order valence-electron chi connectivity index (χ2n) is 5.17. The van der Waals surface area contributed by atoms with Crippen molar-refractivity contribution in [1.82, 2.24) is 4.98 Å². The molecule has 1 unspecified atom stereocenters. The standard InChI is InChI=1S/C16H17N3O/c1-19(11-13-5-4-8-20-13)16-9-12(10-17)14-6-2-3-7-15(14)18-16/h2-3,6-7,9,13H,4-5,8,11H2,1H3. The van der Waals surface area contributed by atoms with Gasteiger partial charge in [0.1, 0.15) is 5.82 Å². The van der Waals surface area contributed by atoms with Gasteiger partial charge in [0.05, 0.1) is 23.3 Å². The summed E-state index contributed by atoms with van der Waals surface area (Å²) in [7, 11) is 2.00. The first-order chi connectivity index (χ1) is 9.78. The second kappa shape index (κ2) is 5.48. The Morgan fingerprint density at radius 3 is 3.05 bits per heavy atom. The van der Waals surface area contributed by atoms with E-state index < -0.39 is 0 Å². The fourth-order valence-corrected chi connectivity index (χ4v) is 2.64. The van der Waals surface area contributed by atoms with Crippen molar-refractivity contribution < 1.29 is 4.74 Å². The molecule has 1 aliphatic rings. The summed E-state index contributed by atoms with van der Waals surface area (Å²) < 4.78 is 5.65. The maximum absolute atomic E-state index is 9.31. The molecule has 0 spiro atoms. The van der Waals surface area contributed by atoms with Crippen LogP contribution in [-0.4, -0.2) is 31.3 Å². The number of aromatic nitrogens is 1. The van der Waals surface area contributed by atoms with Crippen LogP contribution in [0.1, 0.15) is 18.4 Å². The van der Waals surface area contributed by atoms with Gasteiger partial charge in [-0.1, -0.05) is 18.2 Å². The molecule has 1 aliphatic heterocycles. The molecule has 0 saturated carbocycles. The van der Waals surface area contributed by atoms with Crippen LogP contribution in [0, 0.1) is 11.3 Å². The Labute approximate surface area is 118 Å². The van der Waals surface area contributed by atoms with E-state index in [4.69, 9.17) is 4.74 Å². The van der Waals surface area contributed by atoms with Crippen LogP contribution >= 0.6 is 0 Å². The first-order valence-corrected chi connectivity index (χ1v) is 6.90. The van der Waals surface area contributed by atoms with Gasteiger partial charge in [0.15, 0.2) is 0 Å². The zero-order chi connectivity index (χ0) is 13.9. The Kier molecular flexibility index (Phi) is 3.53. The predicted molar refractivity (Wildman–Crippen MR) is 78.7 cm³/mol. The Morgan fingerprint density at radius 1 is 1.45 bits per heavy atom. The third-order valence-electron chi connectivity index (χ3n) is 3.72.